The Morgan fingerprint density at radius 1 is 1.50 bits per heavy atom. The summed E-state index contributed by atoms with van der Waals surface area (Å²) >= 11 is 0. The fraction of sp³-hybridized carbons (Fsp3) is 0.200. The van der Waals surface area contributed by atoms with E-state index >= 15 is 0 Å². The standard InChI is InChI=1S/C10H11NO3/c1-8(2)7-14-10-5-3-9(4-6-10)11(12)13/h3-6H,1,7H2,2H3. The van der Waals surface area contributed by atoms with Crippen molar-refractivity contribution in [3.8, 4) is 5.75 Å². The maximum Gasteiger partial charge on any atom is 0.269 e. The number of nitrogens with zero attached hydrogens (tertiary/aromatic N) is 1. The number of hydrogen-bond acceptors (Lipinski definition) is 3. The fourth-order valence-electron chi connectivity index (χ4n) is 0.871. The van der Waals surface area contributed by atoms with Crippen molar-refractivity contribution in [1.29, 1.82) is 0 Å². The minimum atomic E-state index is -0.442. The smallest absolute Gasteiger partial charge is 0.269 e. The highest BCUT2D eigenvalue weighted by atomic mass is 16.6. The number of benzene rings is 1. The van der Waals surface area contributed by atoms with Crippen LogP contribution in [-0.2, 0) is 0 Å². The van der Waals surface area contributed by atoms with E-state index in [0.717, 1.165) is 5.57 Å². The van der Waals surface area contributed by atoms with Crippen molar-refractivity contribution in [1.82, 2.24) is 0 Å². The van der Waals surface area contributed by atoms with Crippen LogP contribution >= 0.6 is 0 Å². The topological polar surface area (TPSA) is 52.4 Å². The molecule has 0 aliphatic carbocycles. The molecule has 0 aliphatic heterocycles. The van der Waals surface area contributed by atoms with Gasteiger partial charge in [0.05, 0.1) is 4.92 Å². The molecule has 0 aromatic heterocycles. The monoisotopic (exact) mass is 193 g/mol. The van der Waals surface area contributed by atoms with Gasteiger partial charge in [0.25, 0.3) is 5.69 Å². The van der Waals surface area contributed by atoms with E-state index in [1.165, 1.54) is 12.1 Å². The lowest BCUT2D eigenvalue weighted by Gasteiger charge is -2.04. The van der Waals surface area contributed by atoms with Crippen LogP contribution in [0.15, 0.2) is 36.4 Å². The zero-order chi connectivity index (χ0) is 10.6. The number of nitro groups is 1. The summed E-state index contributed by atoms with van der Waals surface area (Å²) in [5.41, 5.74) is 0.969. The van der Waals surface area contributed by atoms with E-state index in [1.54, 1.807) is 12.1 Å². The molecule has 1 aromatic carbocycles. The second-order valence-corrected chi connectivity index (χ2v) is 3.00. The summed E-state index contributed by atoms with van der Waals surface area (Å²) in [6.45, 7) is 5.96. The molecule has 0 saturated heterocycles. The van der Waals surface area contributed by atoms with Gasteiger partial charge in [-0.2, -0.15) is 0 Å². The molecule has 74 valence electrons. The number of ether oxygens (including phenoxy) is 1. The predicted octanol–water partition coefficient (Wildman–Crippen LogP) is 2.55. The second kappa shape index (κ2) is 4.41. The Labute approximate surface area is 82.0 Å². The first kappa shape index (κ1) is 10.2. The summed E-state index contributed by atoms with van der Waals surface area (Å²) in [5.74, 6) is 0.610. The molecule has 0 unspecified atom stereocenters. The Bertz CT molecular complexity index is 343. The minimum Gasteiger partial charge on any atom is -0.489 e. The van der Waals surface area contributed by atoms with Crippen LogP contribution in [0, 0.1) is 10.1 Å². The van der Waals surface area contributed by atoms with Crippen LogP contribution < -0.4 is 4.74 Å². The van der Waals surface area contributed by atoms with E-state index in [1.807, 2.05) is 6.92 Å². The molecule has 0 heterocycles. The van der Waals surface area contributed by atoms with Crippen molar-refractivity contribution in [2.45, 2.75) is 6.92 Å². The van der Waals surface area contributed by atoms with Crippen LogP contribution in [0.5, 0.6) is 5.75 Å². The molecule has 0 aliphatic rings. The molecule has 1 rings (SSSR count). The molecule has 14 heavy (non-hydrogen) atoms. The third-order valence-corrected chi connectivity index (χ3v) is 1.53. The van der Waals surface area contributed by atoms with Crippen LogP contribution in [0.2, 0.25) is 0 Å². The van der Waals surface area contributed by atoms with Gasteiger partial charge in [-0.25, -0.2) is 0 Å². The molecular formula is C10H11NO3. The quantitative estimate of drug-likeness (QED) is 0.419. The summed E-state index contributed by atoms with van der Waals surface area (Å²) in [7, 11) is 0. The molecule has 0 atom stereocenters. The predicted molar refractivity (Wildman–Crippen MR) is 53.4 cm³/mol. The van der Waals surface area contributed by atoms with E-state index in [0.29, 0.717) is 12.4 Å². The number of rotatable bonds is 4. The highest BCUT2D eigenvalue weighted by Gasteiger charge is 2.03. The number of hydrogen-bond donors (Lipinski definition) is 0. The van der Waals surface area contributed by atoms with Crippen molar-refractivity contribution in [3.63, 3.8) is 0 Å². The van der Waals surface area contributed by atoms with Gasteiger partial charge in [0.15, 0.2) is 0 Å². The largest absolute Gasteiger partial charge is 0.489 e. The SMILES string of the molecule is C=C(C)COc1ccc([N+](=O)[O-])cc1. The van der Waals surface area contributed by atoms with Gasteiger partial charge in [-0.3, -0.25) is 10.1 Å². The highest BCUT2D eigenvalue weighted by Crippen LogP contribution is 2.17. The Hall–Kier alpha value is -1.84. The average Bonchev–Trinajstić information content (AvgIpc) is 2.15. The van der Waals surface area contributed by atoms with Crippen molar-refractivity contribution in [2.24, 2.45) is 0 Å². The fourth-order valence-corrected chi connectivity index (χ4v) is 0.871. The van der Waals surface area contributed by atoms with Crippen molar-refractivity contribution >= 4 is 5.69 Å². The lowest BCUT2D eigenvalue weighted by molar-refractivity contribution is -0.384. The maximum atomic E-state index is 10.3. The first-order valence-electron chi connectivity index (χ1n) is 4.11. The maximum absolute atomic E-state index is 10.3. The molecule has 0 amide bonds. The lowest BCUT2D eigenvalue weighted by Crippen LogP contribution is -1.97. The molecule has 4 nitrogen and oxygen atoms in total. The molecule has 4 heteroatoms. The van der Waals surface area contributed by atoms with Gasteiger partial charge in [0.1, 0.15) is 12.4 Å². The lowest BCUT2D eigenvalue weighted by atomic mass is 10.3. The molecule has 0 spiro atoms. The van der Waals surface area contributed by atoms with E-state index in [4.69, 9.17) is 4.74 Å². The molecule has 0 radical (unpaired) electrons. The Kier molecular flexibility index (Phi) is 3.23. The van der Waals surface area contributed by atoms with Gasteiger partial charge in [0.2, 0.25) is 0 Å². The summed E-state index contributed by atoms with van der Waals surface area (Å²) < 4.78 is 5.28. The Morgan fingerprint density at radius 2 is 2.07 bits per heavy atom. The molecule has 1 aromatic rings. The van der Waals surface area contributed by atoms with E-state index in [9.17, 15) is 10.1 Å². The van der Waals surface area contributed by atoms with Crippen LogP contribution in [0.4, 0.5) is 5.69 Å². The van der Waals surface area contributed by atoms with Gasteiger partial charge in [-0.15, -0.1) is 0 Å². The van der Waals surface area contributed by atoms with Crippen molar-refractivity contribution < 1.29 is 9.66 Å². The molecule has 0 N–H and O–H groups in total. The van der Waals surface area contributed by atoms with Crippen molar-refractivity contribution in [2.75, 3.05) is 6.61 Å². The summed E-state index contributed by atoms with van der Waals surface area (Å²) in [5, 5.41) is 10.3. The van der Waals surface area contributed by atoms with Gasteiger partial charge in [-0.05, 0) is 24.6 Å². The van der Waals surface area contributed by atoms with E-state index in [-0.39, 0.29) is 5.69 Å². The zero-order valence-electron chi connectivity index (χ0n) is 7.90. The average molecular weight is 193 g/mol. The number of nitro benzene ring substituents is 1. The Morgan fingerprint density at radius 3 is 2.50 bits per heavy atom. The van der Waals surface area contributed by atoms with E-state index in [2.05, 4.69) is 6.58 Å². The molecule has 0 saturated carbocycles. The third-order valence-electron chi connectivity index (χ3n) is 1.53. The minimum absolute atomic E-state index is 0.0627. The number of non-ortho nitro benzene ring substituents is 1. The summed E-state index contributed by atoms with van der Waals surface area (Å²) in [6.07, 6.45) is 0. The molecule has 0 bridgehead atoms. The first-order valence-corrected chi connectivity index (χ1v) is 4.11. The summed E-state index contributed by atoms with van der Waals surface area (Å²) in [6, 6.07) is 5.96. The normalized spacial score (nSPS) is 9.50. The zero-order valence-corrected chi connectivity index (χ0v) is 7.90. The van der Waals surface area contributed by atoms with E-state index < -0.39 is 4.92 Å². The van der Waals surface area contributed by atoms with Crippen LogP contribution in [0.25, 0.3) is 0 Å². The van der Waals surface area contributed by atoms with Crippen LogP contribution in [0.1, 0.15) is 6.92 Å². The van der Waals surface area contributed by atoms with Crippen LogP contribution in [0.3, 0.4) is 0 Å². The van der Waals surface area contributed by atoms with Crippen LogP contribution in [-0.4, -0.2) is 11.5 Å². The highest BCUT2D eigenvalue weighted by molar-refractivity contribution is 5.36. The molecular weight excluding hydrogens is 182 g/mol. The summed E-state index contributed by atoms with van der Waals surface area (Å²) in [4.78, 5) is 9.89. The molecule has 0 fully saturated rings. The third kappa shape index (κ3) is 2.90. The van der Waals surface area contributed by atoms with Gasteiger partial charge >= 0.3 is 0 Å². The van der Waals surface area contributed by atoms with Gasteiger partial charge < -0.3 is 4.74 Å². The second-order valence-electron chi connectivity index (χ2n) is 3.00. The Balaban J connectivity index is 2.64. The first-order chi connectivity index (χ1) is 6.59. The van der Waals surface area contributed by atoms with Gasteiger partial charge in [0, 0.05) is 12.1 Å². The van der Waals surface area contributed by atoms with Crippen molar-refractivity contribution in [3.05, 3.63) is 46.5 Å². The van der Waals surface area contributed by atoms with Gasteiger partial charge in [-0.1, -0.05) is 6.58 Å².